The summed E-state index contributed by atoms with van der Waals surface area (Å²) in [4.78, 5) is 11.0. The number of aromatic carboxylic acids is 1. The van der Waals surface area contributed by atoms with E-state index in [0.717, 1.165) is 11.9 Å². The van der Waals surface area contributed by atoms with Gasteiger partial charge in [0, 0.05) is 23.6 Å². The number of ether oxygens (including phenoxy) is 1. The molecular formula is C23H26ClNO3. The number of unbranched alkanes of at least 4 members (excludes halogenated alkanes) is 5. The van der Waals surface area contributed by atoms with E-state index in [1.54, 1.807) is 6.07 Å². The Morgan fingerprint density at radius 3 is 2.57 bits per heavy atom. The van der Waals surface area contributed by atoms with E-state index in [9.17, 15) is 4.79 Å². The van der Waals surface area contributed by atoms with Crippen molar-refractivity contribution in [3.05, 3.63) is 59.2 Å². The van der Waals surface area contributed by atoms with E-state index in [4.69, 9.17) is 21.4 Å². The van der Waals surface area contributed by atoms with E-state index < -0.39 is 5.97 Å². The third kappa shape index (κ3) is 5.08. The van der Waals surface area contributed by atoms with E-state index in [1.807, 2.05) is 12.1 Å². The van der Waals surface area contributed by atoms with E-state index in [1.165, 1.54) is 56.2 Å². The third-order valence-corrected chi connectivity index (χ3v) is 5.20. The van der Waals surface area contributed by atoms with Gasteiger partial charge in [-0.2, -0.15) is 0 Å². The zero-order valence-electron chi connectivity index (χ0n) is 16.2. The molecule has 0 aliphatic carbocycles. The van der Waals surface area contributed by atoms with Gasteiger partial charge in [0.25, 0.3) is 0 Å². The minimum Gasteiger partial charge on any atom is -0.478 e. The molecule has 0 bridgehead atoms. The van der Waals surface area contributed by atoms with Crippen LogP contribution in [0.2, 0.25) is 5.02 Å². The molecule has 0 aliphatic heterocycles. The Morgan fingerprint density at radius 2 is 1.82 bits per heavy atom. The summed E-state index contributed by atoms with van der Waals surface area (Å²) in [5.41, 5.74) is 1.33. The second-order valence-electron chi connectivity index (χ2n) is 7.05. The Bertz CT molecular complexity index is 948. The van der Waals surface area contributed by atoms with Gasteiger partial charge in [-0.15, -0.1) is 0 Å². The molecule has 0 amide bonds. The molecule has 148 valence electrons. The number of nitrogens with zero attached hydrogens (tertiary/aromatic N) is 1. The minimum atomic E-state index is -1.01. The van der Waals surface area contributed by atoms with Crippen molar-refractivity contribution in [2.24, 2.45) is 0 Å². The molecule has 2 aromatic carbocycles. The average Bonchev–Trinajstić information content (AvgIpc) is 3.08. The standard InChI is InChI=1S/C23H26ClNO3/c1-2-3-4-5-6-7-13-25-14-12-17-15-19(9-10-21(17)25)28-22-11-8-18(23(26)27)16-20(22)24/h8-12,14-16H,2-7,13H2,1H3,(H,26,27). The maximum atomic E-state index is 11.0. The van der Waals surface area contributed by atoms with Crippen LogP contribution in [0, 0.1) is 0 Å². The number of aromatic nitrogens is 1. The summed E-state index contributed by atoms with van der Waals surface area (Å²) in [5, 5.41) is 10.4. The lowest BCUT2D eigenvalue weighted by molar-refractivity contribution is 0.0697. The van der Waals surface area contributed by atoms with E-state index in [2.05, 4.69) is 29.8 Å². The second kappa shape index (κ2) is 9.65. The van der Waals surface area contributed by atoms with Crippen molar-refractivity contribution in [2.75, 3.05) is 0 Å². The van der Waals surface area contributed by atoms with E-state index in [-0.39, 0.29) is 10.6 Å². The van der Waals surface area contributed by atoms with Crippen LogP contribution < -0.4 is 4.74 Å². The number of carbonyl (C=O) groups is 1. The van der Waals surface area contributed by atoms with Gasteiger partial charge in [0.05, 0.1) is 10.6 Å². The van der Waals surface area contributed by atoms with Crippen molar-refractivity contribution in [1.29, 1.82) is 0 Å². The largest absolute Gasteiger partial charge is 0.478 e. The van der Waals surface area contributed by atoms with Gasteiger partial charge in [-0.1, -0.05) is 50.6 Å². The molecule has 0 saturated heterocycles. The van der Waals surface area contributed by atoms with Crippen molar-refractivity contribution >= 4 is 28.5 Å². The molecule has 0 aliphatic rings. The van der Waals surface area contributed by atoms with Gasteiger partial charge in [0.15, 0.2) is 0 Å². The van der Waals surface area contributed by atoms with Gasteiger partial charge < -0.3 is 14.4 Å². The number of hydrogen-bond acceptors (Lipinski definition) is 2. The highest BCUT2D eigenvalue weighted by atomic mass is 35.5. The molecule has 3 rings (SSSR count). The fraction of sp³-hybridized carbons (Fsp3) is 0.348. The van der Waals surface area contributed by atoms with Crippen LogP contribution in [0.15, 0.2) is 48.7 Å². The predicted octanol–water partition coefficient (Wildman–Crippen LogP) is 7.15. The summed E-state index contributed by atoms with van der Waals surface area (Å²) in [6.45, 7) is 3.27. The van der Waals surface area contributed by atoms with Crippen LogP contribution in [0.25, 0.3) is 10.9 Å². The van der Waals surface area contributed by atoms with Crippen molar-refractivity contribution in [2.45, 2.75) is 52.0 Å². The molecule has 1 N–H and O–H groups in total. The number of rotatable bonds is 10. The Balaban J connectivity index is 1.64. The summed E-state index contributed by atoms with van der Waals surface area (Å²) in [6, 6.07) is 12.5. The topological polar surface area (TPSA) is 51.5 Å². The molecule has 0 fully saturated rings. The second-order valence-corrected chi connectivity index (χ2v) is 7.46. The smallest absolute Gasteiger partial charge is 0.335 e. The first-order valence-corrected chi connectivity index (χ1v) is 10.3. The van der Waals surface area contributed by atoms with Gasteiger partial charge in [0.1, 0.15) is 11.5 Å². The molecule has 0 spiro atoms. The lowest BCUT2D eigenvalue weighted by Crippen LogP contribution is -1.97. The van der Waals surface area contributed by atoms with E-state index in [0.29, 0.717) is 11.5 Å². The minimum absolute atomic E-state index is 0.138. The van der Waals surface area contributed by atoms with Crippen LogP contribution in [0.5, 0.6) is 11.5 Å². The number of carboxylic acids is 1. The van der Waals surface area contributed by atoms with Crippen molar-refractivity contribution < 1.29 is 14.6 Å². The van der Waals surface area contributed by atoms with Gasteiger partial charge in [-0.05, 0) is 48.9 Å². The van der Waals surface area contributed by atoms with Gasteiger partial charge in [0.2, 0.25) is 0 Å². The number of fused-ring (bicyclic) bond motifs is 1. The molecule has 4 nitrogen and oxygen atoms in total. The fourth-order valence-electron chi connectivity index (χ4n) is 3.34. The maximum absolute atomic E-state index is 11.0. The van der Waals surface area contributed by atoms with Crippen molar-refractivity contribution in [3.63, 3.8) is 0 Å². The normalized spacial score (nSPS) is 11.1. The first kappa shape index (κ1) is 20.3. The molecule has 0 saturated carbocycles. The lowest BCUT2D eigenvalue weighted by Gasteiger charge is -2.09. The summed E-state index contributed by atoms with van der Waals surface area (Å²) in [5.74, 6) is 0.105. The third-order valence-electron chi connectivity index (χ3n) is 4.90. The average molecular weight is 400 g/mol. The number of aryl methyl sites for hydroxylation is 1. The van der Waals surface area contributed by atoms with Gasteiger partial charge in [-0.25, -0.2) is 4.79 Å². The number of halogens is 1. The molecule has 1 aromatic heterocycles. The van der Waals surface area contributed by atoms with E-state index >= 15 is 0 Å². The highest BCUT2D eigenvalue weighted by Crippen LogP contribution is 2.32. The van der Waals surface area contributed by atoms with Crippen LogP contribution in [0.3, 0.4) is 0 Å². The Hall–Kier alpha value is -2.46. The first-order chi connectivity index (χ1) is 13.6. The highest BCUT2D eigenvalue weighted by Gasteiger charge is 2.10. The monoisotopic (exact) mass is 399 g/mol. The number of hydrogen-bond donors (Lipinski definition) is 1. The molecular weight excluding hydrogens is 374 g/mol. The molecule has 5 heteroatoms. The Kier molecular flexibility index (Phi) is 6.99. The number of carboxylic acid groups (broad SMARTS) is 1. The summed E-state index contributed by atoms with van der Waals surface area (Å²) in [7, 11) is 0. The summed E-state index contributed by atoms with van der Waals surface area (Å²) < 4.78 is 8.15. The molecule has 1 heterocycles. The zero-order chi connectivity index (χ0) is 19.9. The fourth-order valence-corrected chi connectivity index (χ4v) is 3.56. The first-order valence-electron chi connectivity index (χ1n) is 9.88. The van der Waals surface area contributed by atoms with Gasteiger partial charge >= 0.3 is 5.97 Å². The van der Waals surface area contributed by atoms with Crippen LogP contribution in [0.4, 0.5) is 0 Å². The molecule has 0 radical (unpaired) electrons. The van der Waals surface area contributed by atoms with Gasteiger partial charge in [-0.3, -0.25) is 0 Å². The molecule has 3 aromatic rings. The quantitative estimate of drug-likeness (QED) is 0.368. The zero-order valence-corrected chi connectivity index (χ0v) is 16.9. The Morgan fingerprint density at radius 1 is 1.04 bits per heavy atom. The molecule has 28 heavy (non-hydrogen) atoms. The van der Waals surface area contributed by atoms with Crippen molar-refractivity contribution in [3.8, 4) is 11.5 Å². The SMILES string of the molecule is CCCCCCCCn1ccc2cc(Oc3ccc(C(=O)O)cc3Cl)ccc21. The number of benzene rings is 2. The van der Waals surface area contributed by atoms with Crippen LogP contribution in [0.1, 0.15) is 55.8 Å². The summed E-state index contributed by atoms with van der Waals surface area (Å²) >= 11 is 6.16. The molecule has 0 atom stereocenters. The maximum Gasteiger partial charge on any atom is 0.335 e. The van der Waals surface area contributed by atoms with Crippen molar-refractivity contribution in [1.82, 2.24) is 4.57 Å². The Labute approximate surface area is 170 Å². The lowest BCUT2D eigenvalue weighted by atomic mass is 10.1. The van der Waals surface area contributed by atoms with Crippen LogP contribution in [-0.4, -0.2) is 15.6 Å². The summed E-state index contributed by atoms with van der Waals surface area (Å²) in [6.07, 6.45) is 9.84. The predicted molar refractivity (Wildman–Crippen MR) is 114 cm³/mol. The van der Waals surface area contributed by atoms with Crippen LogP contribution >= 0.6 is 11.6 Å². The van der Waals surface area contributed by atoms with Crippen LogP contribution in [-0.2, 0) is 6.54 Å². The highest BCUT2D eigenvalue weighted by molar-refractivity contribution is 6.32. The molecule has 0 unspecified atom stereocenters.